The van der Waals surface area contributed by atoms with E-state index >= 15 is 0 Å². The molecule has 0 bridgehead atoms. The Labute approximate surface area is 166 Å². The number of carbonyl (C=O) groups is 1. The lowest BCUT2D eigenvalue weighted by molar-refractivity contribution is -0.138. The van der Waals surface area contributed by atoms with E-state index in [1.54, 1.807) is 18.3 Å². The van der Waals surface area contributed by atoms with Gasteiger partial charge in [0.15, 0.2) is 5.75 Å². The van der Waals surface area contributed by atoms with Gasteiger partial charge in [0.05, 0.1) is 7.11 Å². The molecule has 2 saturated heterocycles. The second-order valence-corrected chi connectivity index (χ2v) is 6.72. The zero-order valence-corrected chi connectivity index (χ0v) is 16.9. The quantitative estimate of drug-likeness (QED) is 0.795. The van der Waals surface area contributed by atoms with Crippen LogP contribution in [0.2, 0.25) is 0 Å². The Balaban J connectivity index is 0.00000169. The summed E-state index contributed by atoms with van der Waals surface area (Å²) >= 11 is 0. The van der Waals surface area contributed by atoms with Crippen molar-refractivity contribution >= 4 is 30.7 Å². The first-order valence-corrected chi connectivity index (χ1v) is 8.49. The van der Waals surface area contributed by atoms with Gasteiger partial charge in [0.2, 0.25) is 5.91 Å². The molecule has 0 aromatic carbocycles. The summed E-state index contributed by atoms with van der Waals surface area (Å²) in [6.45, 7) is 4.36. The number of aromatic nitrogens is 1. The van der Waals surface area contributed by atoms with Gasteiger partial charge in [-0.3, -0.25) is 14.5 Å². The minimum atomic E-state index is -0.265. The molecule has 7 nitrogen and oxygen atoms in total. The van der Waals surface area contributed by atoms with E-state index in [2.05, 4.69) is 17.3 Å². The lowest BCUT2D eigenvalue weighted by Gasteiger charge is -2.51. The molecule has 3 rings (SSSR count). The maximum absolute atomic E-state index is 12.7. The number of piperazine rings is 1. The third-order valence-corrected chi connectivity index (χ3v) is 5.40. The maximum Gasteiger partial charge on any atom is 0.293 e. The molecular formula is C17H28Cl2N4O3. The van der Waals surface area contributed by atoms with Crippen molar-refractivity contribution in [3.8, 4) is 5.75 Å². The largest absolute Gasteiger partial charge is 0.491 e. The zero-order chi connectivity index (χ0) is 17.2. The zero-order valence-electron chi connectivity index (χ0n) is 15.3. The van der Waals surface area contributed by atoms with Gasteiger partial charge in [-0.25, -0.2) is 0 Å². The molecule has 2 fully saturated rings. The molecule has 1 amide bonds. The fourth-order valence-corrected chi connectivity index (χ4v) is 3.75. The number of hydrogen-bond donors (Lipinski definition) is 1. The Morgan fingerprint density at radius 3 is 2.62 bits per heavy atom. The molecule has 2 aliphatic rings. The summed E-state index contributed by atoms with van der Waals surface area (Å²) in [5.74, 6) is 0.259. The third-order valence-electron chi connectivity index (χ3n) is 5.40. The minimum Gasteiger partial charge on any atom is -0.491 e. The van der Waals surface area contributed by atoms with Crippen molar-refractivity contribution in [1.29, 1.82) is 0 Å². The number of methoxy groups -OCH3 is 1. The van der Waals surface area contributed by atoms with Crippen LogP contribution >= 0.6 is 24.8 Å². The van der Waals surface area contributed by atoms with Crippen LogP contribution in [0.1, 0.15) is 12.8 Å². The Morgan fingerprint density at radius 1 is 1.27 bits per heavy atom. The van der Waals surface area contributed by atoms with Gasteiger partial charge < -0.3 is 19.5 Å². The number of nitrogens with one attached hydrogen (secondary N) is 1. The topological polar surface area (TPSA) is 66.8 Å². The predicted molar refractivity (Wildman–Crippen MR) is 106 cm³/mol. The number of halogens is 2. The molecule has 1 aromatic heterocycles. The van der Waals surface area contributed by atoms with Gasteiger partial charge in [0.1, 0.15) is 6.54 Å². The highest BCUT2D eigenvalue weighted by Gasteiger charge is 2.41. The molecule has 0 radical (unpaired) electrons. The van der Waals surface area contributed by atoms with Crippen LogP contribution in [-0.4, -0.2) is 72.7 Å². The van der Waals surface area contributed by atoms with Crippen molar-refractivity contribution in [3.63, 3.8) is 0 Å². The fourth-order valence-electron chi connectivity index (χ4n) is 3.75. The van der Waals surface area contributed by atoms with E-state index in [9.17, 15) is 9.59 Å². The lowest BCUT2D eigenvalue weighted by Crippen LogP contribution is -2.65. The first kappa shape index (κ1) is 22.8. The van der Waals surface area contributed by atoms with Crippen LogP contribution in [0.25, 0.3) is 0 Å². The molecular weight excluding hydrogens is 379 g/mol. The van der Waals surface area contributed by atoms with Crippen molar-refractivity contribution in [2.75, 3.05) is 46.9 Å². The SMILES string of the molecule is COc1cccn(CC(=O)N2CCN(C)C3(CCNCC3)C2)c1=O.Cl.Cl. The van der Waals surface area contributed by atoms with Gasteiger partial charge >= 0.3 is 0 Å². The summed E-state index contributed by atoms with van der Waals surface area (Å²) in [7, 11) is 3.62. The van der Waals surface area contributed by atoms with E-state index in [0.29, 0.717) is 6.54 Å². The molecule has 148 valence electrons. The number of ether oxygens (including phenoxy) is 1. The number of likely N-dealkylation sites (N-methyl/N-ethyl adjacent to an activating group) is 1. The normalized spacial score (nSPS) is 19.4. The van der Waals surface area contributed by atoms with E-state index in [0.717, 1.165) is 39.0 Å². The van der Waals surface area contributed by atoms with Crippen LogP contribution in [-0.2, 0) is 11.3 Å². The van der Waals surface area contributed by atoms with Crippen LogP contribution in [0.4, 0.5) is 0 Å². The fraction of sp³-hybridized carbons (Fsp3) is 0.647. The molecule has 0 atom stereocenters. The molecule has 0 unspecified atom stereocenters. The highest BCUT2D eigenvalue weighted by Crippen LogP contribution is 2.29. The average Bonchev–Trinajstić information content (AvgIpc) is 2.60. The number of rotatable bonds is 3. The second-order valence-electron chi connectivity index (χ2n) is 6.72. The lowest BCUT2D eigenvalue weighted by atomic mass is 9.84. The van der Waals surface area contributed by atoms with Gasteiger partial charge in [0.25, 0.3) is 5.56 Å². The van der Waals surface area contributed by atoms with Gasteiger partial charge in [-0.15, -0.1) is 24.8 Å². The molecule has 1 aromatic rings. The standard InChI is InChI=1S/C17H26N4O3.2ClH/c1-19-10-11-21(13-17(19)5-7-18-8-6-17)15(22)12-20-9-3-4-14(24-2)16(20)23;;/h3-4,9,18H,5-8,10-13H2,1-2H3;2*1H. The van der Waals surface area contributed by atoms with E-state index in [-0.39, 0.29) is 54.1 Å². The van der Waals surface area contributed by atoms with E-state index in [1.807, 2.05) is 4.90 Å². The highest BCUT2D eigenvalue weighted by atomic mass is 35.5. The number of nitrogens with zero attached hydrogens (tertiary/aromatic N) is 3. The number of hydrogen-bond acceptors (Lipinski definition) is 5. The van der Waals surface area contributed by atoms with Crippen molar-refractivity contribution in [2.45, 2.75) is 24.9 Å². The molecule has 3 heterocycles. The Hall–Kier alpha value is -1.28. The summed E-state index contributed by atoms with van der Waals surface area (Å²) in [4.78, 5) is 29.3. The maximum atomic E-state index is 12.7. The van der Waals surface area contributed by atoms with Crippen LogP contribution in [0.3, 0.4) is 0 Å². The summed E-state index contributed by atoms with van der Waals surface area (Å²) in [6.07, 6.45) is 3.73. The number of pyridine rings is 1. The molecule has 26 heavy (non-hydrogen) atoms. The first-order valence-electron chi connectivity index (χ1n) is 8.49. The van der Waals surface area contributed by atoms with Gasteiger partial charge in [-0.1, -0.05) is 0 Å². The predicted octanol–water partition coefficient (Wildman–Crippen LogP) is 0.597. The Bertz CT molecular complexity index is 662. The van der Waals surface area contributed by atoms with Crippen LogP contribution < -0.4 is 15.6 Å². The molecule has 1 spiro atoms. The molecule has 9 heteroatoms. The monoisotopic (exact) mass is 406 g/mol. The first-order chi connectivity index (χ1) is 11.6. The van der Waals surface area contributed by atoms with Gasteiger partial charge in [-0.05, 0) is 45.1 Å². The van der Waals surface area contributed by atoms with Crippen molar-refractivity contribution in [1.82, 2.24) is 19.7 Å². The number of amides is 1. The molecule has 1 N–H and O–H groups in total. The molecule has 2 aliphatic heterocycles. The van der Waals surface area contributed by atoms with Gasteiger partial charge in [-0.2, -0.15) is 0 Å². The van der Waals surface area contributed by atoms with Gasteiger partial charge in [0, 0.05) is 31.4 Å². The Kier molecular flexibility index (Phi) is 8.40. The summed E-state index contributed by atoms with van der Waals surface area (Å²) in [6, 6.07) is 3.34. The third kappa shape index (κ3) is 4.52. The molecule has 0 saturated carbocycles. The number of carbonyl (C=O) groups excluding carboxylic acids is 1. The summed E-state index contributed by atoms with van der Waals surface area (Å²) < 4.78 is 6.47. The Morgan fingerprint density at radius 2 is 1.96 bits per heavy atom. The molecule has 0 aliphatic carbocycles. The second kappa shape index (κ2) is 9.60. The summed E-state index contributed by atoms with van der Waals surface area (Å²) in [5, 5.41) is 3.39. The van der Waals surface area contributed by atoms with Crippen molar-refractivity contribution in [2.24, 2.45) is 0 Å². The van der Waals surface area contributed by atoms with Crippen molar-refractivity contribution < 1.29 is 9.53 Å². The average molecular weight is 407 g/mol. The van der Waals surface area contributed by atoms with Crippen LogP contribution in [0, 0.1) is 0 Å². The van der Waals surface area contributed by atoms with E-state index < -0.39 is 0 Å². The van der Waals surface area contributed by atoms with Crippen LogP contribution in [0.15, 0.2) is 23.1 Å². The highest BCUT2D eigenvalue weighted by molar-refractivity contribution is 5.85. The van der Waals surface area contributed by atoms with E-state index in [4.69, 9.17) is 4.74 Å². The van der Waals surface area contributed by atoms with Crippen molar-refractivity contribution in [3.05, 3.63) is 28.7 Å². The summed E-state index contributed by atoms with van der Waals surface area (Å²) in [5.41, 5.74) is -0.197. The number of piperidine rings is 1. The van der Waals surface area contributed by atoms with Crippen LogP contribution in [0.5, 0.6) is 5.75 Å². The van der Waals surface area contributed by atoms with E-state index in [1.165, 1.54) is 11.7 Å². The minimum absolute atomic E-state index is 0. The smallest absolute Gasteiger partial charge is 0.293 e.